The Morgan fingerprint density at radius 3 is 2.47 bits per heavy atom. The topological polar surface area (TPSA) is 86.6 Å². The van der Waals surface area contributed by atoms with Crippen molar-refractivity contribution in [3.63, 3.8) is 0 Å². The van der Waals surface area contributed by atoms with E-state index in [-0.39, 0.29) is 29.8 Å². The third kappa shape index (κ3) is 4.15. The van der Waals surface area contributed by atoms with Crippen LogP contribution in [0.4, 0.5) is 19.1 Å². The second-order valence-corrected chi connectivity index (χ2v) is 9.85. The maximum atomic E-state index is 13.0. The number of thiophene rings is 1. The quantitative estimate of drug-likeness (QED) is 0.705. The van der Waals surface area contributed by atoms with Crippen LogP contribution < -0.4 is 4.90 Å². The van der Waals surface area contributed by atoms with E-state index < -0.39 is 33.4 Å². The fraction of sp³-hybridized carbons (Fsp3) is 0.444. The van der Waals surface area contributed by atoms with Crippen molar-refractivity contribution in [2.24, 2.45) is 0 Å². The lowest BCUT2D eigenvalue weighted by atomic mass is 9.99. The molecule has 3 rings (SSSR count). The predicted octanol–water partition coefficient (Wildman–Crippen LogP) is 2.21. The number of nitrogens with zero attached hydrogens (tertiary/aromatic N) is 4. The van der Waals surface area contributed by atoms with Gasteiger partial charge in [0, 0.05) is 37.6 Å². The first kappa shape index (κ1) is 22.5. The van der Waals surface area contributed by atoms with E-state index in [2.05, 4.69) is 21.8 Å². The van der Waals surface area contributed by atoms with Crippen molar-refractivity contribution in [1.82, 2.24) is 14.3 Å². The zero-order valence-corrected chi connectivity index (χ0v) is 17.7. The van der Waals surface area contributed by atoms with Gasteiger partial charge < -0.3 is 10.0 Å². The molecule has 7 nitrogen and oxygen atoms in total. The lowest BCUT2D eigenvalue weighted by molar-refractivity contribution is -0.259. The molecule has 162 valence electrons. The van der Waals surface area contributed by atoms with E-state index in [0.29, 0.717) is 6.92 Å². The van der Waals surface area contributed by atoms with Gasteiger partial charge in [-0.2, -0.15) is 17.5 Å². The van der Waals surface area contributed by atoms with Crippen LogP contribution in [0.25, 0.3) is 0 Å². The van der Waals surface area contributed by atoms with Gasteiger partial charge in [0.1, 0.15) is 10.3 Å². The monoisotopic (exact) mass is 460 g/mol. The third-order valence-electron chi connectivity index (χ3n) is 4.75. The van der Waals surface area contributed by atoms with Gasteiger partial charge in [-0.15, -0.1) is 17.3 Å². The Kier molecular flexibility index (Phi) is 6.10. The minimum Gasteiger partial charge on any atom is -0.376 e. The van der Waals surface area contributed by atoms with Gasteiger partial charge in [-0.05, 0) is 25.3 Å². The van der Waals surface area contributed by atoms with Crippen LogP contribution in [0.5, 0.6) is 0 Å². The fourth-order valence-corrected chi connectivity index (χ4v) is 5.51. The van der Waals surface area contributed by atoms with E-state index in [1.807, 2.05) is 0 Å². The number of hydrogen-bond acceptors (Lipinski definition) is 7. The molecule has 1 N–H and O–H groups in total. The molecule has 0 radical (unpaired) electrons. The smallest absolute Gasteiger partial charge is 0.376 e. The normalized spacial score (nSPS) is 20.3. The van der Waals surface area contributed by atoms with Gasteiger partial charge in [0.05, 0.1) is 0 Å². The lowest BCUT2D eigenvalue weighted by Crippen LogP contribution is -2.54. The van der Waals surface area contributed by atoms with Crippen LogP contribution in [0.2, 0.25) is 0 Å². The second kappa shape index (κ2) is 8.14. The molecule has 12 heteroatoms. The molecular weight excluding hydrogens is 441 g/mol. The third-order valence-corrected chi connectivity index (χ3v) is 7.99. The van der Waals surface area contributed by atoms with Crippen molar-refractivity contribution in [3.8, 4) is 11.8 Å². The van der Waals surface area contributed by atoms with Gasteiger partial charge in [-0.3, -0.25) is 0 Å². The van der Waals surface area contributed by atoms with Gasteiger partial charge in [0.2, 0.25) is 5.95 Å². The SMILES string of the molecule is CC#CC1CN(S(=O)(=O)c2cccs2)CCN1c1ncc(C(C)(O)C(F)(F)F)cn1. The number of piperazine rings is 1. The van der Waals surface area contributed by atoms with Crippen LogP contribution in [0, 0.1) is 11.8 Å². The fourth-order valence-electron chi connectivity index (χ4n) is 2.93. The number of halogens is 3. The number of hydrogen-bond donors (Lipinski definition) is 1. The summed E-state index contributed by atoms with van der Waals surface area (Å²) in [5.74, 6) is 5.77. The summed E-state index contributed by atoms with van der Waals surface area (Å²) in [5, 5.41) is 11.4. The molecule has 2 atom stereocenters. The summed E-state index contributed by atoms with van der Waals surface area (Å²) in [4.78, 5) is 9.59. The molecular formula is C18H19F3N4O3S2. The van der Waals surface area contributed by atoms with Crippen LogP contribution in [0.15, 0.2) is 34.1 Å². The first-order valence-electron chi connectivity index (χ1n) is 8.82. The van der Waals surface area contributed by atoms with Gasteiger partial charge in [0.15, 0.2) is 5.60 Å². The summed E-state index contributed by atoms with van der Waals surface area (Å²) in [6, 6.07) is 2.61. The molecule has 0 spiro atoms. The Bertz CT molecular complexity index is 1040. The van der Waals surface area contributed by atoms with Crippen LogP contribution in [-0.2, 0) is 15.6 Å². The molecule has 2 unspecified atom stereocenters. The average Bonchev–Trinajstić information content (AvgIpc) is 3.23. The van der Waals surface area contributed by atoms with Crippen molar-refractivity contribution in [2.75, 3.05) is 24.5 Å². The highest BCUT2D eigenvalue weighted by Gasteiger charge is 2.51. The van der Waals surface area contributed by atoms with Gasteiger partial charge >= 0.3 is 6.18 Å². The van der Waals surface area contributed by atoms with Crippen molar-refractivity contribution in [2.45, 2.75) is 35.9 Å². The minimum absolute atomic E-state index is 0.0620. The van der Waals surface area contributed by atoms with Crippen molar-refractivity contribution in [3.05, 3.63) is 35.5 Å². The summed E-state index contributed by atoms with van der Waals surface area (Å²) in [6.07, 6.45) is -3.04. The summed E-state index contributed by atoms with van der Waals surface area (Å²) in [5.41, 5.74) is -3.57. The number of rotatable bonds is 4. The molecule has 1 aliphatic rings. The Labute approximate surface area is 176 Å². The predicted molar refractivity (Wildman–Crippen MR) is 105 cm³/mol. The standard InChI is InChI=1S/C18H19F3N4O3S2/c1-3-5-14-12-24(30(27,28)15-6-4-9-29-15)7-8-25(14)16-22-10-13(11-23-16)17(2,26)18(19,20)21/h4,6,9-11,14,26H,7-8,12H2,1-2H3. The second-order valence-electron chi connectivity index (χ2n) is 6.74. The first-order chi connectivity index (χ1) is 14.0. The minimum atomic E-state index is -4.88. The molecule has 1 aliphatic heterocycles. The van der Waals surface area contributed by atoms with Gasteiger partial charge in [-0.1, -0.05) is 12.0 Å². The van der Waals surface area contributed by atoms with Crippen LogP contribution >= 0.6 is 11.3 Å². The Morgan fingerprint density at radius 2 is 1.93 bits per heavy atom. The molecule has 2 aromatic heterocycles. The Balaban J connectivity index is 1.84. The van der Waals surface area contributed by atoms with E-state index in [1.54, 1.807) is 23.3 Å². The summed E-state index contributed by atoms with van der Waals surface area (Å²) in [7, 11) is -3.66. The number of alkyl halides is 3. The molecule has 0 aromatic carbocycles. The van der Waals surface area contributed by atoms with E-state index in [9.17, 15) is 26.7 Å². The number of aromatic nitrogens is 2. The zero-order valence-electron chi connectivity index (χ0n) is 16.1. The molecule has 0 saturated carbocycles. The molecule has 0 bridgehead atoms. The highest BCUT2D eigenvalue weighted by Crippen LogP contribution is 2.38. The molecule has 1 fully saturated rings. The first-order valence-corrected chi connectivity index (χ1v) is 11.1. The van der Waals surface area contributed by atoms with Crippen LogP contribution in [0.3, 0.4) is 0 Å². The number of sulfonamides is 1. The van der Waals surface area contributed by atoms with Gasteiger partial charge in [0.25, 0.3) is 10.0 Å². The molecule has 1 saturated heterocycles. The van der Waals surface area contributed by atoms with Crippen LogP contribution in [0.1, 0.15) is 19.4 Å². The van der Waals surface area contributed by atoms with E-state index >= 15 is 0 Å². The number of anilines is 1. The van der Waals surface area contributed by atoms with E-state index in [4.69, 9.17) is 0 Å². The van der Waals surface area contributed by atoms with Crippen LogP contribution in [-0.4, -0.2) is 59.6 Å². The molecule has 0 aliphatic carbocycles. The molecule has 3 heterocycles. The Hall–Kier alpha value is -2.20. The van der Waals surface area contributed by atoms with Gasteiger partial charge in [-0.25, -0.2) is 18.4 Å². The van der Waals surface area contributed by atoms with Crippen molar-refractivity contribution < 1.29 is 26.7 Å². The Morgan fingerprint density at radius 1 is 1.27 bits per heavy atom. The summed E-state index contributed by atoms with van der Waals surface area (Å²) < 4.78 is 66.2. The molecule has 2 aromatic rings. The van der Waals surface area contributed by atoms with Crippen molar-refractivity contribution >= 4 is 27.3 Å². The van der Waals surface area contributed by atoms with E-state index in [0.717, 1.165) is 23.7 Å². The highest BCUT2D eigenvalue weighted by molar-refractivity contribution is 7.91. The molecule has 0 amide bonds. The summed E-state index contributed by atoms with van der Waals surface area (Å²) >= 11 is 1.12. The van der Waals surface area contributed by atoms with E-state index in [1.165, 1.54) is 10.4 Å². The maximum absolute atomic E-state index is 13.0. The average molecular weight is 461 g/mol. The lowest BCUT2D eigenvalue weighted by Gasteiger charge is -2.38. The zero-order chi connectivity index (χ0) is 22.2. The molecule has 30 heavy (non-hydrogen) atoms. The largest absolute Gasteiger partial charge is 0.421 e. The highest BCUT2D eigenvalue weighted by atomic mass is 32.2. The summed E-state index contributed by atoms with van der Waals surface area (Å²) in [6.45, 7) is 2.65. The van der Waals surface area contributed by atoms with Crippen molar-refractivity contribution in [1.29, 1.82) is 0 Å². The maximum Gasteiger partial charge on any atom is 0.421 e. The number of aliphatic hydroxyl groups is 1.